The lowest BCUT2D eigenvalue weighted by Gasteiger charge is -2.51. The van der Waals surface area contributed by atoms with Gasteiger partial charge in [0.1, 0.15) is 48.0 Å². The number of hydrogen-bond acceptors (Lipinski definition) is 19. The summed E-state index contributed by atoms with van der Waals surface area (Å²) in [5, 5.41) is 31.4. The van der Waals surface area contributed by atoms with Gasteiger partial charge in [-0.3, -0.25) is 57.1 Å². The van der Waals surface area contributed by atoms with E-state index in [4.69, 9.17) is 30.9 Å². The first-order valence-electron chi connectivity index (χ1n) is 48.2. The largest absolute Gasteiger partial charge is 0.459 e. The van der Waals surface area contributed by atoms with Crippen molar-refractivity contribution in [2.75, 3.05) is 38.3 Å². The highest BCUT2D eigenvalue weighted by molar-refractivity contribution is 7.77. The number of ketones is 4. The van der Waals surface area contributed by atoms with Gasteiger partial charge in [0.05, 0.1) is 41.8 Å². The topological polar surface area (TPSA) is 329 Å². The number of nitrogens with one attached hydrogen (secondary N) is 1. The quantitative estimate of drug-likeness (QED) is 0.00523. The summed E-state index contributed by atoms with van der Waals surface area (Å²) in [6, 6.07) is 46.2. The van der Waals surface area contributed by atoms with Crippen LogP contribution in [0, 0.1) is 75.0 Å². The van der Waals surface area contributed by atoms with E-state index in [1.165, 1.54) is 39.3 Å². The molecule has 10 atom stereocenters. The predicted octanol–water partition coefficient (Wildman–Crippen LogP) is 16.9. The molecule has 29 heteroatoms. The number of esters is 3. The zero-order valence-electron chi connectivity index (χ0n) is 82.2. The van der Waals surface area contributed by atoms with E-state index in [2.05, 4.69) is 97.5 Å². The van der Waals surface area contributed by atoms with Crippen molar-refractivity contribution in [3.05, 3.63) is 251 Å². The summed E-state index contributed by atoms with van der Waals surface area (Å²) in [6.45, 7) is 41.3. The normalized spacial score (nSPS) is 18.1. The molecular formula is C107H142ClN12O15P. The average molecular weight is 1900 g/mol. The molecule has 4 aliphatic heterocycles. The molecule has 4 aromatic heterocycles. The second-order valence-electron chi connectivity index (χ2n) is 37.3. The average Bonchev–Trinajstić information content (AvgIpc) is 0.829. The van der Waals surface area contributed by atoms with Gasteiger partial charge in [-0.05, 0) is 161 Å². The molecule has 8 aromatic rings. The smallest absolute Gasteiger partial charge is 0.356 e. The molecule has 12 rings (SSSR count). The van der Waals surface area contributed by atoms with Crippen LogP contribution < -0.4 is 5.32 Å². The molecular weight excluding hydrogens is 1760 g/mol. The van der Waals surface area contributed by atoms with Gasteiger partial charge < -0.3 is 39.3 Å². The van der Waals surface area contributed by atoms with E-state index in [-0.39, 0.29) is 133 Å². The van der Waals surface area contributed by atoms with Gasteiger partial charge in [-0.1, -0.05) is 273 Å². The fourth-order valence-electron chi connectivity index (χ4n) is 18.5. The highest BCUT2D eigenvalue weighted by atomic mass is 35.5. The van der Waals surface area contributed by atoms with Gasteiger partial charge in [-0.15, -0.1) is 0 Å². The van der Waals surface area contributed by atoms with E-state index in [9.17, 15) is 57.8 Å². The molecule has 2 N–H and O–H groups in total. The number of aryl methyl sites for hydroxylation is 12. The Morgan fingerprint density at radius 1 is 0.426 bits per heavy atom. The zero-order chi connectivity index (χ0) is 99.2. The fraction of sp³-hybridized carbons (Fsp3) is 0.495. The third-order valence-electron chi connectivity index (χ3n) is 25.9. The van der Waals surface area contributed by atoms with Crippen molar-refractivity contribution in [3.63, 3.8) is 0 Å². The predicted molar refractivity (Wildman–Crippen MR) is 532 cm³/mol. The molecule has 4 fully saturated rings. The van der Waals surface area contributed by atoms with Gasteiger partial charge >= 0.3 is 17.9 Å². The number of carbonyl (C=O) groups excluding carboxylic acids is 11. The Morgan fingerprint density at radius 2 is 0.728 bits per heavy atom. The van der Waals surface area contributed by atoms with Crippen LogP contribution in [0.5, 0.6) is 0 Å². The Hall–Kier alpha value is -11.5. The summed E-state index contributed by atoms with van der Waals surface area (Å²) in [4.78, 5) is 146. The standard InChI is InChI=1S/C37H56N3O4P.C25H30ClN3O4.C25H31N3O5.C20H25N3O2/c1-8-12-23-45(24-13-9-2,25-14-10-3)36(37(43)44-22-11-4)40-32(34(28(5)6)35(40)42)27-33(41)31-26-29(7)39(38-31)21-20-30-18-16-15-17-19-30;1-5-13-33-25(32)23(26)29-20(22(16(2)3)24(29)31)15-21(30)19-14-17(4)28(27-19)12-11-18-9-7-6-8-10-18;1-5-13-33-25(32)24(31)28-20(22(16(2)3)23(28)30)15-21(29)19-14-17(4)27(26-19)12-11-18-9-7-6-8-10-18;1-13(2)19-17(21-20(19)25)12-18(24)16-11-14(3)23(22-16)10-9-15-7-5-4-6-8-15/h11,15-19,26,28,32,34H,4,8-10,12-14,20-25,27H2,1-3,5-7H3;5-10,14,16,20,22-23H,1,11-13,15H2,2-4H3;5-10,14,16,20,22,24,31H,1,11-13,15H2,2-4H3;4-8,11,13,17,19H,9-10,12H2,1-3H3,(H,21,25)/t32-,34-;20-,22-,23?;20-,22-,24?;17-,19-/m1111/s1. The minimum Gasteiger partial charge on any atom is -0.459 e. The number of aliphatic hydroxyl groups is 1. The lowest BCUT2D eigenvalue weighted by Crippen LogP contribution is -2.68. The van der Waals surface area contributed by atoms with E-state index in [0.29, 0.717) is 54.2 Å². The van der Waals surface area contributed by atoms with Crippen LogP contribution in [0.4, 0.5) is 0 Å². The summed E-state index contributed by atoms with van der Waals surface area (Å²) in [5.41, 5.74) is 9.38. The second-order valence-corrected chi connectivity index (χ2v) is 41.7. The number of unbranched alkanes of at least 4 members (excludes halogenated alkanes) is 3. The minimum atomic E-state index is -2.08. The molecule has 2 unspecified atom stereocenters. The maximum Gasteiger partial charge on any atom is 0.356 e. The molecule has 4 amide bonds. The van der Waals surface area contributed by atoms with Crippen LogP contribution in [0.15, 0.2) is 184 Å². The van der Waals surface area contributed by atoms with Crippen molar-refractivity contribution in [1.82, 2.24) is 59.1 Å². The molecule has 732 valence electrons. The molecule has 8 heterocycles. The number of β-lactam (4-membered cyclic amide) rings is 4. The van der Waals surface area contributed by atoms with E-state index < -0.39 is 60.6 Å². The molecule has 4 aromatic carbocycles. The maximum absolute atomic E-state index is 14.1. The first-order valence-corrected chi connectivity index (χ1v) is 51.0. The summed E-state index contributed by atoms with van der Waals surface area (Å²) >= 11 is 6.25. The highest BCUT2D eigenvalue weighted by Gasteiger charge is 2.57. The van der Waals surface area contributed by atoms with Crippen LogP contribution in [-0.2, 0) is 99.6 Å². The van der Waals surface area contributed by atoms with Crippen LogP contribution >= 0.6 is 18.5 Å². The number of hydrogen-bond donors (Lipinski definition) is 2. The molecule has 0 spiro atoms. The van der Waals surface area contributed by atoms with Gasteiger partial charge in [-0.2, -0.15) is 20.4 Å². The van der Waals surface area contributed by atoms with Crippen molar-refractivity contribution < 1.29 is 72.1 Å². The Balaban J connectivity index is 0.000000207. The molecule has 0 aliphatic carbocycles. The Labute approximate surface area is 807 Å². The molecule has 27 nitrogen and oxygen atoms in total. The number of alkyl halides is 1. The van der Waals surface area contributed by atoms with Crippen LogP contribution in [-0.4, -0.2) is 203 Å². The second kappa shape index (κ2) is 52.1. The van der Waals surface area contributed by atoms with Gasteiger partial charge in [-0.25, -0.2) is 14.4 Å². The van der Waals surface area contributed by atoms with E-state index in [0.717, 1.165) is 117 Å². The molecule has 136 heavy (non-hydrogen) atoms. The zero-order valence-corrected chi connectivity index (χ0v) is 83.8. The van der Waals surface area contributed by atoms with Crippen molar-refractivity contribution >= 4 is 88.6 Å². The van der Waals surface area contributed by atoms with Gasteiger partial charge in [0.2, 0.25) is 35.4 Å². The van der Waals surface area contributed by atoms with E-state index >= 15 is 0 Å². The molecule has 0 radical (unpaired) electrons. The third kappa shape index (κ3) is 28.1. The Kier molecular flexibility index (Phi) is 41.4. The van der Waals surface area contributed by atoms with Crippen LogP contribution in [0.1, 0.15) is 227 Å². The number of Topliss-reactive ketones (excluding diaryl/α,β-unsaturated/α-hetero) is 4. The number of aromatic nitrogens is 8. The van der Waals surface area contributed by atoms with Crippen molar-refractivity contribution in [1.29, 1.82) is 0 Å². The number of rotatable bonds is 49. The fourth-order valence-corrected chi connectivity index (χ4v) is 24.0. The molecule has 4 saturated heterocycles. The number of ether oxygens (including phenoxy) is 3. The van der Waals surface area contributed by atoms with Crippen LogP contribution in [0.25, 0.3) is 0 Å². The molecule has 0 saturated carbocycles. The highest BCUT2D eigenvalue weighted by Crippen LogP contribution is 2.55. The van der Waals surface area contributed by atoms with Crippen molar-refractivity contribution in [2.45, 2.75) is 256 Å². The number of aliphatic hydroxyl groups excluding tert-OH is 1. The summed E-state index contributed by atoms with van der Waals surface area (Å²) in [5.74, 6) is -4.21. The number of amides is 4. The lowest BCUT2D eigenvalue weighted by atomic mass is 9.76. The first kappa shape index (κ1) is 108. The number of likely N-dealkylation sites (tertiary alicyclic amines) is 3. The molecule has 0 bridgehead atoms. The molecule has 4 aliphatic rings. The van der Waals surface area contributed by atoms with Crippen molar-refractivity contribution in [2.24, 2.45) is 47.3 Å². The maximum atomic E-state index is 14.1. The SMILES string of the molecule is C=CCOC(=O)C(Cl)N1C(=O)[C@H](C(C)C)[C@H]1CC(=O)c1cc(C)n(CCc2ccccc2)n1.C=CCOC(=O)C(N1C(=O)[C@H](C(C)C)[C@H]1CC(=O)c1cc(C)n(CCc2ccccc2)n1)=P(CCCC)(CCCC)CCCC.C=CCOC(=O)C(O)N1C(=O)[C@H](C(C)C)[C@H]1CC(=O)c1cc(C)n(CCc2ccccc2)n1.Cc1cc(C(=O)C[C@H]2NC(=O)[C@@H]2C(C)C)nn1CCc1ccccc1. The van der Waals surface area contributed by atoms with Crippen LogP contribution in [0.2, 0.25) is 0 Å². The first-order chi connectivity index (χ1) is 65.1. The van der Waals surface area contributed by atoms with Crippen LogP contribution in [0.3, 0.4) is 0 Å². The van der Waals surface area contributed by atoms with E-state index in [1.807, 2.05) is 194 Å². The van der Waals surface area contributed by atoms with E-state index in [1.54, 1.807) is 27.8 Å². The minimum absolute atomic E-state index is 0.000976. The van der Waals surface area contributed by atoms with Gasteiger partial charge in [0.15, 0.2) is 23.1 Å². The summed E-state index contributed by atoms with van der Waals surface area (Å²) in [7, 11) is 0. The van der Waals surface area contributed by atoms with Gasteiger partial charge in [0, 0.05) is 80.7 Å². The number of nitrogens with zero attached hydrogens (tertiary/aromatic N) is 11. The monoisotopic (exact) mass is 1900 g/mol. The van der Waals surface area contributed by atoms with Crippen molar-refractivity contribution in [3.8, 4) is 0 Å². The Bertz CT molecular complexity index is 5270. The summed E-state index contributed by atoms with van der Waals surface area (Å²) in [6.07, 6.45) is 15.2. The number of benzene rings is 4. The number of halogens is 1. The lowest BCUT2D eigenvalue weighted by molar-refractivity contribution is -0.193. The van der Waals surface area contributed by atoms with Gasteiger partial charge in [0.25, 0.3) is 0 Å². The third-order valence-corrected chi connectivity index (χ3v) is 31.1. The number of carbonyl (C=O) groups is 11. The summed E-state index contributed by atoms with van der Waals surface area (Å²) < 4.78 is 23.0. The Morgan fingerprint density at radius 3 is 1.05 bits per heavy atom.